The Morgan fingerprint density at radius 2 is 1.90 bits per heavy atom. The van der Waals surface area contributed by atoms with Crippen LogP contribution in [-0.2, 0) is 24.4 Å². The van der Waals surface area contributed by atoms with E-state index in [2.05, 4.69) is 29.6 Å². The van der Waals surface area contributed by atoms with Crippen molar-refractivity contribution >= 4 is 5.91 Å². The predicted octanol–water partition coefficient (Wildman–Crippen LogP) is 2.69. The second kappa shape index (κ2) is 6.59. The SMILES string of the molecule is O=C1CCCN1Cc1ccc(CNCc2ccco2)cc1. The molecule has 0 saturated carbocycles. The molecular weight excluding hydrogens is 264 g/mol. The van der Waals surface area contributed by atoms with E-state index in [4.69, 9.17) is 4.42 Å². The standard InChI is InChI=1S/C17H20N2O2/c20-17-4-1-9-19(17)13-15-7-5-14(6-8-15)11-18-12-16-3-2-10-21-16/h2-3,5-8,10,18H,1,4,9,11-13H2. The predicted molar refractivity (Wildman–Crippen MR) is 80.3 cm³/mol. The summed E-state index contributed by atoms with van der Waals surface area (Å²) < 4.78 is 5.28. The van der Waals surface area contributed by atoms with Crippen molar-refractivity contribution in [3.05, 3.63) is 59.5 Å². The van der Waals surface area contributed by atoms with Gasteiger partial charge in [-0.05, 0) is 29.7 Å². The molecule has 0 spiro atoms. The lowest BCUT2D eigenvalue weighted by Crippen LogP contribution is -2.23. The van der Waals surface area contributed by atoms with Crippen LogP contribution in [0.1, 0.15) is 29.7 Å². The Kier molecular flexibility index (Phi) is 4.36. The van der Waals surface area contributed by atoms with E-state index in [1.165, 1.54) is 11.1 Å². The first kappa shape index (κ1) is 13.9. The summed E-state index contributed by atoms with van der Waals surface area (Å²) in [6.45, 7) is 3.17. The third-order valence-electron chi connectivity index (χ3n) is 3.78. The molecule has 1 aliphatic heterocycles. The normalized spacial score (nSPS) is 14.9. The summed E-state index contributed by atoms with van der Waals surface area (Å²) in [5.41, 5.74) is 2.43. The molecular formula is C17H20N2O2. The Morgan fingerprint density at radius 3 is 2.57 bits per heavy atom. The monoisotopic (exact) mass is 284 g/mol. The number of nitrogens with one attached hydrogen (secondary N) is 1. The highest BCUT2D eigenvalue weighted by molar-refractivity contribution is 5.78. The third-order valence-corrected chi connectivity index (χ3v) is 3.78. The molecule has 4 nitrogen and oxygen atoms in total. The van der Waals surface area contributed by atoms with Gasteiger partial charge in [-0.25, -0.2) is 0 Å². The molecule has 0 atom stereocenters. The van der Waals surface area contributed by atoms with E-state index in [9.17, 15) is 4.79 Å². The molecule has 21 heavy (non-hydrogen) atoms. The minimum atomic E-state index is 0.277. The van der Waals surface area contributed by atoms with Crippen molar-refractivity contribution in [2.24, 2.45) is 0 Å². The Labute approximate surface area is 124 Å². The minimum absolute atomic E-state index is 0.277. The zero-order chi connectivity index (χ0) is 14.5. The number of amides is 1. The van der Waals surface area contributed by atoms with E-state index < -0.39 is 0 Å². The maximum Gasteiger partial charge on any atom is 0.222 e. The van der Waals surface area contributed by atoms with Gasteiger partial charge in [0.15, 0.2) is 0 Å². The van der Waals surface area contributed by atoms with Crippen LogP contribution in [0.3, 0.4) is 0 Å². The van der Waals surface area contributed by atoms with Gasteiger partial charge in [0.25, 0.3) is 0 Å². The highest BCUT2D eigenvalue weighted by Gasteiger charge is 2.19. The summed E-state index contributed by atoms with van der Waals surface area (Å²) in [6.07, 6.45) is 3.38. The van der Waals surface area contributed by atoms with Gasteiger partial charge in [0.05, 0.1) is 12.8 Å². The summed E-state index contributed by atoms with van der Waals surface area (Å²) in [7, 11) is 0. The molecule has 1 aromatic carbocycles. The smallest absolute Gasteiger partial charge is 0.222 e. The molecule has 1 aromatic heterocycles. The molecule has 1 saturated heterocycles. The van der Waals surface area contributed by atoms with Gasteiger partial charge in [-0.3, -0.25) is 4.79 Å². The average molecular weight is 284 g/mol. The Balaban J connectivity index is 1.48. The Bertz CT molecular complexity index is 575. The van der Waals surface area contributed by atoms with Crippen LogP contribution < -0.4 is 5.32 Å². The van der Waals surface area contributed by atoms with Crippen LogP contribution >= 0.6 is 0 Å². The van der Waals surface area contributed by atoms with Gasteiger partial charge in [0.1, 0.15) is 5.76 Å². The molecule has 110 valence electrons. The van der Waals surface area contributed by atoms with Crippen LogP contribution in [0.4, 0.5) is 0 Å². The van der Waals surface area contributed by atoms with Crippen LogP contribution in [0, 0.1) is 0 Å². The molecule has 4 heteroatoms. The Hall–Kier alpha value is -2.07. The lowest BCUT2D eigenvalue weighted by atomic mass is 10.1. The van der Waals surface area contributed by atoms with Gasteiger partial charge in [-0.1, -0.05) is 24.3 Å². The topological polar surface area (TPSA) is 45.5 Å². The zero-order valence-electron chi connectivity index (χ0n) is 12.0. The van der Waals surface area contributed by atoms with Crippen molar-refractivity contribution in [1.29, 1.82) is 0 Å². The van der Waals surface area contributed by atoms with Crippen molar-refractivity contribution in [2.75, 3.05) is 6.54 Å². The maximum absolute atomic E-state index is 11.6. The molecule has 1 N–H and O–H groups in total. The van der Waals surface area contributed by atoms with Crippen LogP contribution in [0.15, 0.2) is 47.1 Å². The second-order valence-electron chi connectivity index (χ2n) is 5.42. The van der Waals surface area contributed by atoms with Crippen molar-refractivity contribution in [1.82, 2.24) is 10.2 Å². The zero-order valence-corrected chi connectivity index (χ0v) is 12.0. The number of furan rings is 1. The first-order valence-electron chi connectivity index (χ1n) is 7.40. The van der Waals surface area contributed by atoms with Gasteiger partial charge in [-0.15, -0.1) is 0 Å². The van der Waals surface area contributed by atoms with Crippen molar-refractivity contribution in [3.8, 4) is 0 Å². The molecule has 1 fully saturated rings. The van der Waals surface area contributed by atoms with E-state index >= 15 is 0 Å². The maximum atomic E-state index is 11.6. The molecule has 0 radical (unpaired) electrons. The number of carbonyl (C=O) groups excluding carboxylic acids is 1. The summed E-state index contributed by atoms with van der Waals surface area (Å²) in [6, 6.07) is 12.3. The van der Waals surface area contributed by atoms with Crippen molar-refractivity contribution in [3.63, 3.8) is 0 Å². The van der Waals surface area contributed by atoms with Gasteiger partial charge in [0.2, 0.25) is 5.91 Å². The van der Waals surface area contributed by atoms with E-state index in [-0.39, 0.29) is 5.91 Å². The van der Waals surface area contributed by atoms with Gasteiger partial charge in [-0.2, -0.15) is 0 Å². The molecule has 0 unspecified atom stereocenters. The number of rotatable bonds is 6. The van der Waals surface area contributed by atoms with Gasteiger partial charge >= 0.3 is 0 Å². The van der Waals surface area contributed by atoms with Crippen molar-refractivity contribution in [2.45, 2.75) is 32.5 Å². The van der Waals surface area contributed by atoms with Crippen LogP contribution in [0.2, 0.25) is 0 Å². The average Bonchev–Trinajstić information content (AvgIpc) is 3.14. The molecule has 1 amide bonds. The largest absolute Gasteiger partial charge is 0.468 e. The molecule has 3 rings (SSSR count). The summed E-state index contributed by atoms with van der Waals surface area (Å²) >= 11 is 0. The lowest BCUT2D eigenvalue weighted by Gasteiger charge is -2.15. The first-order chi connectivity index (χ1) is 10.3. The molecule has 2 aromatic rings. The molecule has 2 heterocycles. The molecule has 1 aliphatic rings. The lowest BCUT2D eigenvalue weighted by molar-refractivity contribution is -0.128. The Morgan fingerprint density at radius 1 is 1.10 bits per heavy atom. The quantitative estimate of drug-likeness (QED) is 0.887. The molecule has 0 bridgehead atoms. The number of benzene rings is 1. The van der Waals surface area contributed by atoms with E-state index in [0.29, 0.717) is 6.42 Å². The van der Waals surface area contributed by atoms with E-state index in [1.54, 1.807) is 6.26 Å². The molecule has 0 aliphatic carbocycles. The van der Waals surface area contributed by atoms with Crippen LogP contribution in [-0.4, -0.2) is 17.4 Å². The number of nitrogens with zero attached hydrogens (tertiary/aromatic N) is 1. The summed E-state index contributed by atoms with van der Waals surface area (Å²) in [5, 5.41) is 3.35. The highest BCUT2D eigenvalue weighted by atomic mass is 16.3. The highest BCUT2D eigenvalue weighted by Crippen LogP contribution is 2.14. The fourth-order valence-electron chi connectivity index (χ4n) is 2.60. The first-order valence-corrected chi connectivity index (χ1v) is 7.40. The van der Waals surface area contributed by atoms with Crippen molar-refractivity contribution < 1.29 is 9.21 Å². The fraction of sp³-hybridized carbons (Fsp3) is 0.353. The van der Waals surface area contributed by atoms with Crippen LogP contribution in [0.5, 0.6) is 0 Å². The third kappa shape index (κ3) is 3.73. The number of hydrogen-bond acceptors (Lipinski definition) is 3. The van der Waals surface area contributed by atoms with Gasteiger partial charge in [0, 0.05) is 26.1 Å². The van der Waals surface area contributed by atoms with Gasteiger partial charge < -0.3 is 14.6 Å². The fourth-order valence-corrected chi connectivity index (χ4v) is 2.60. The number of likely N-dealkylation sites (tertiary alicyclic amines) is 1. The van der Waals surface area contributed by atoms with E-state index in [0.717, 1.165) is 38.4 Å². The summed E-state index contributed by atoms with van der Waals surface area (Å²) in [5.74, 6) is 1.22. The summed E-state index contributed by atoms with van der Waals surface area (Å²) in [4.78, 5) is 13.5. The van der Waals surface area contributed by atoms with E-state index in [1.807, 2.05) is 17.0 Å². The van der Waals surface area contributed by atoms with Crippen LogP contribution in [0.25, 0.3) is 0 Å². The number of carbonyl (C=O) groups is 1. The minimum Gasteiger partial charge on any atom is -0.468 e. The number of hydrogen-bond donors (Lipinski definition) is 1. The second-order valence-corrected chi connectivity index (χ2v) is 5.42.